The number of thiazole rings is 1. The predicted molar refractivity (Wildman–Crippen MR) is 130 cm³/mol. The predicted octanol–water partition coefficient (Wildman–Crippen LogP) is 4.20. The fourth-order valence-corrected chi connectivity index (χ4v) is 4.41. The van der Waals surface area contributed by atoms with Crippen LogP contribution >= 0.6 is 23.6 Å². The van der Waals surface area contributed by atoms with Crippen LogP contribution in [0, 0.1) is 18.6 Å². The molecule has 2 aromatic carbocycles. The number of aromatic amines is 1. The highest BCUT2D eigenvalue weighted by molar-refractivity contribution is 7.71. The third kappa shape index (κ3) is 5.24. The summed E-state index contributed by atoms with van der Waals surface area (Å²) in [6.07, 6.45) is 0.115. The van der Waals surface area contributed by atoms with E-state index >= 15 is 0 Å². The third-order valence-corrected chi connectivity index (χ3v) is 6.49. The Morgan fingerprint density at radius 3 is 2.48 bits per heavy atom. The smallest absolute Gasteiger partial charge is 0.281 e. The molecular weight excluding hydrogens is 456 g/mol. The normalized spacial score (nSPS) is 10.7. The second-order valence-electron chi connectivity index (χ2n) is 7.42. The van der Waals surface area contributed by atoms with Crippen molar-refractivity contribution < 1.29 is 9.59 Å². The number of nitrogens with zero attached hydrogens (tertiary/aromatic N) is 3. The first-order valence-corrected chi connectivity index (χ1v) is 11.5. The first-order chi connectivity index (χ1) is 15.9. The van der Waals surface area contributed by atoms with Crippen LogP contribution < -0.4 is 10.9 Å². The molecule has 2 amide bonds. The number of nitrogens with one attached hydrogen (secondary N) is 3. The minimum absolute atomic E-state index is 0.115. The van der Waals surface area contributed by atoms with E-state index in [4.69, 9.17) is 12.2 Å². The molecule has 0 unspecified atom stereocenters. The largest absolute Gasteiger partial charge is 0.300 e. The van der Waals surface area contributed by atoms with Gasteiger partial charge in [-0.3, -0.25) is 30.1 Å². The van der Waals surface area contributed by atoms with E-state index in [1.165, 1.54) is 11.3 Å². The molecule has 10 heteroatoms. The van der Waals surface area contributed by atoms with Gasteiger partial charge in [-0.15, -0.1) is 11.3 Å². The second-order valence-corrected chi connectivity index (χ2v) is 8.81. The average Bonchev–Trinajstić information content (AvgIpc) is 3.39. The van der Waals surface area contributed by atoms with E-state index < -0.39 is 5.91 Å². The Balaban J connectivity index is 1.36. The number of benzene rings is 2. The summed E-state index contributed by atoms with van der Waals surface area (Å²) in [5.74, 6) is -0.0851. The number of hydrogen-bond donors (Lipinski definition) is 3. The Hall–Kier alpha value is -3.63. The minimum Gasteiger partial charge on any atom is -0.300 e. The number of aromatic nitrogens is 4. The number of carbonyl (C=O) groups excluding carboxylic acids is 2. The second kappa shape index (κ2) is 9.88. The van der Waals surface area contributed by atoms with E-state index in [9.17, 15) is 9.59 Å². The highest BCUT2D eigenvalue weighted by atomic mass is 32.1. The number of carbonyl (C=O) groups is 2. The maximum absolute atomic E-state index is 12.6. The fraction of sp³-hybridized carbons (Fsp3) is 0.174. The van der Waals surface area contributed by atoms with Crippen molar-refractivity contribution in [3.05, 3.63) is 75.5 Å². The van der Waals surface area contributed by atoms with Crippen LogP contribution in [0.15, 0.2) is 54.6 Å². The molecule has 3 N–H and O–H groups in total. The topological polar surface area (TPSA) is 105 Å². The van der Waals surface area contributed by atoms with Crippen LogP contribution in [0.3, 0.4) is 0 Å². The van der Waals surface area contributed by atoms with Gasteiger partial charge >= 0.3 is 0 Å². The number of H-pyrrole nitrogens is 1. The van der Waals surface area contributed by atoms with Crippen molar-refractivity contribution in [3.8, 4) is 22.0 Å². The van der Waals surface area contributed by atoms with Gasteiger partial charge in [0.25, 0.3) is 5.91 Å². The minimum atomic E-state index is -0.402. The lowest BCUT2D eigenvalue weighted by Crippen LogP contribution is -2.41. The van der Waals surface area contributed by atoms with Crippen LogP contribution in [0.1, 0.15) is 27.3 Å². The third-order valence-electron chi connectivity index (χ3n) is 4.97. The SMILES string of the molecule is Cc1ccc(-c2n[nH]c(=S)n2CCC(=O)NNC(=O)c2sc(-c3ccccc3)nc2C)cc1. The number of hydrogen-bond acceptors (Lipinski definition) is 6. The van der Waals surface area contributed by atoms with E-state index in [2.05, 4.69) is 26.0 Å². The molecule has 4 aromatic rings. The molecule has 0 aliphatic rings. The molecule has 33 heavy (non-hydrogen) atoms. The van der Waals surface area contributed by atoms with Crippen molar-refractivity contribution >= 4 is 35.4 Å². The van der Waals surface area contributed by atoms with Crippen LogP contribution in [-0.2, 0) is 11.3 Å². The van der Waals surface area contributed by atoms with Gasteiger partial charge in [0.15, 0.2) is 10.6 Å². The molecule has 0 saturated heterocycles. The molecular formula is C23H22N6O2S2. The molecule has 0 aliphatic heterocycles. The van der Waals surface area contributed by atoms with Crippen molar-refractivity contribution in [2.75, 3.05) is 0 Å². The van der Waals surface area contributed by atoms with Crippen LogP contribution in [0.25, 0.3) is 22.0 Å². The number of amides is 2. The van der Waals surface area contributed by atoms with Gasteiger partial charge in [-0.1, -0.05) is 60.2 Å². The number of rotatable bonds is 6. The van der Waals surface area contributed by atoms with Crippen molar-refractivity contribution in [1.82, 2.24) is 30.6 Å². The van der Waals surface area contributed by atoms with Gasteiger partial charge in [0, 0.05) is 24.1 Å². The fourth-order valence-electron chi connectivity index (χ4n) is 3.22. The summed E-state index contributed by atoms with van der Waals surface area (Å²) < 4.78 is 2.19. The quantitative estimate of drug-likeness (QED) is 0.285. The van der Waals surface area contributed by atoms with Crippen molar-refractivity contribution in [3.63, 3.8) is 0 Å². The molecule has 0 saturated carbocycles. The highest BCUT2D eigenvalue weighted by Gasteiger charge is 2.17. The highest BCUT2D eigenvalue weighted by Crippen LogP contribution is 2.27. The van der Waals surface area contributed by atoms with Crippen LogP contribution in [-0.4, -0.2) is 31.6 Å². The number of aryl methyl sites for hydroxylation is 2. The van der Waals surface area contributed by atoms with E-state index in [1.807, 2.05) is 61.5 Å². The van der Waals surface area contributed by atoms with Gasteiger partial charge in [0.1, 0.15) is 9.88 Å². The van der Waals surface area contributed by atoms with Gasteiger partial charge in [0.05, 0.1) is 5.69 Å². The van der Waals surface area contributed by atoms with Gasteiger partial charge in [-0.05, 0) is 26.1 Å². The van der Waals surface area contributed by atoms with Crippen molar-refractivity contribution in [2.45, 2.75) is 26.8 Å². The summed E-state index contributed by atoms with van der Waals surface area (Å²) in [6.45, 7) is 4.10. The lowest BCUT2D eigenvalue weighted by Gasteiger charge is -2.09. The van der Waals surface area contributed by atoms with E-state index in [0.717, 1.165) is 21.7 Å². The molecule has 0 bridgehead atoms. The summed E-state index contributed by atoms with van der Waals surface area (Å²) >= 11 is 6.60. The molecule has 0 spiro atoms. The molecule has 0 radical (unpaired) electrons. The zero-order chi connectivity index (χ0) is 23.4. The maximum atomic E-state index is 12.6. The van der Waals surface area contributed by atoms with Gasteiger partial charge < -0.3 is 0 Å². The zero-order valence-electron chi connectivity index (χ0n) is 18.1. The molecule has 2 heterocycles. The standard InChI is InChI=1S/C23H22N6O2S2/c1-14-8-10-16(11-9-14)20-26-28-23(32)29(20)13-12-18(30)25-27-21(31)19-15(2)24-22(33-19)17-6-4-3-5-7-17/h3-11H,12-13H2,1-2H3,(H,25,30)(H,27,31)(H,28,32). The van der Waals surface area contributed by atoms with Crippen molar-refractivity contribution in [1.29, 1.82) is 0 Å². The summed E-state index contributed by atoms with van der Waals surface area (Å²) in [6, 6.07) is 17.5. The number of hydrazine groups is 1. The van der Waals surface area contributed by atoms with E-state index in [1.54, 1.807) is 11.5 Å². The molecule has 168 valence electrons. The average molecular weight is 479 g/mol. The lowest BCUT2D eigenvalue weighted by molar-refractivity contribution is -0.122. The summed E-state index contributed by atoms with van der Waals surface area (Å²) in [5, 5.41) is 7.81. The Morgan fingerprint density at radius 2 is 1.76 bits per heavy atom. The molecule has 0 atom stereocenters. The molecule has 0 fully saturated rings. The monoisotopic (exact) mass is 478 g/mol. The Morgan fingerprint density at radius 1 is 1.03 bits per heavy atom. The Kier molecular flexibility index (Phi) is 6.76. The zero-order valence-corrected chi connectivity index (χ0v) is 19.7. The maximum Gasteiger partial charge on any atom is 0.281 e. The molecule has 0 aliphatic carbocycles. The van der Waals surface area contributed by atoms with Gasteiger partial charge in [0.2, 0.25) is 5.91 Å². The Bertz CT molecular complexity index is 1340. The first-order valence-electron chi connectivity index (χ1n) is 10.3. The van der Waals surface area contributed by atoms with Crippen LogP contribution in [0.2, 0.25) is 0 Å². The first kappa shape index (κ1) is 22.6. The Labute approximate surface area is 199 Å². The van der Waals surface area contributed by atoms with Gasteiger partial charge in [-0.2, -0.15) is 5.10 Å². The summed E-state index contributed by atoms with van der Waals surface area (Å²) in [7, 11) is 0. The van der Waals surface area contributed by atoms with E-state index in [0.29, 0.717) is 27.7 Å². The van der Waals surface area contributed by atoms with Crippen molar-refractivity contribution in [2.24, 2.45) is 0 Å². The lowest BCUT2D eigenvalue weighted by atomic mass is 10.1. The van der Waals surface area contributed by atoms with E-state index in [-0.39, 0.29) is 12.3 Å². The molecule has 2 aromatic heterocycles. The summed E-state index contributed by atoms with van der Waals surface area (Å²) in [4.78, 5) is 29.9. The molecule has 8 nitrogen and oxygen atoms in total. The van der Waals surface area contributed by atoms with Gasteiger partial charge in [-0.25, -0.2) is 4.98 Å². The summed E-state index contributed by atoms with van der Waals surface area (Å²) in [5.41, 5.74) is 8.53. The molecule has 4 rings (SSSR count). The van der Waals surface area contributed by atoms with Crippen LogP contribution in [0.4, 0.5) is 0 Å². The van der Waals surface area contributed by atoms with Crippen LogP contribution in [0.5, 0.6) is 0 Å².